The summed E-state index contributed by atoms with van der Waals surface area (Å²) in [7, 11) is 2.14. The number of nitrogens with zero attached hydrogens (tertiary/aromatic N) is 4. The second kappa shape index (κ2) is 12.2. The van der Waals surface area contributed by atoms with E-state index in [9.17, 15) is 9.18 Å². The van der Waals surface area contributed by atoms with Gasteiger partial charge in [-0.25, -0.2) is 9.37 Å². The zero-order chi connectivity index (χ0) is 28.1. The summed E-state index contributed by atoms with van der Waals surface area (Å²) in [6, 6.07) is 19.1. The third kappa shape index (κ3) is 6.59. The smallest absolute Gasteiger partial charge is 0.252 e. The van der Waals surface area contributed by atoms with Crippen LogP contribution in [0.5, 0.6) is 5.75 Å². The second-order valence-corrected chi connectivity index (χ2v) is 9.84. The molecule has 1 aliphatic rings. The van der Waals surface area contributed by atoms with Crippen LogP contribution in [0, 0.1) is 5.82 Å². The van der Waals surface area contributed by atoms with Gasteiger partial charge in [0.15, 0.2) is 5.82 Å². The number of benzene rings is 3. The Morgan fingerprint density at radius 1 is 1.02 bits per heavy atom. The molecule has 5 rings (SSSR count). The summed E-state index contributed by atoms with van der Waals surface area (Å²) < 4.78 is 19.8. The van der Waals surface area contributed by atoms with Crippen LogP contribution in [0.25, 0.3) is 0 Å². The number of hydrogen-bond acceptors (Lipinski definition) is 8. The number of hydrogen-bond donors (Lipinski definition) is 3. The molecule has 0 unspecified atom stereocenters. The van der Waals surface area contributed by atoms with E-state index in [0.29, 0.717) is 28.0 Å². The van der Waals surface area contributed by atoms with Crippen LogP contribution in [0.4, 0.5) is 33.2 Å². The molecule has 11 heteroatoms. The van der Waals surface area contributed by atoms with Gasteiger partial charge in [-0.05, 0) is 49.5 Å². The predicted molar refractivity (Wildman–Crippen MR) is 155 cm³/mol. The molecule has 4 aromatic rings. The van der Waals surface area contributed by atoms with Gasteiger partial charge in [0.2, 0.25) is 5.95 Å². The molecule has 4 N–H and O–H groups in total. The number of amides is 1. The minimum Gasteiger partial charge on any atom is -0.488 e. The molecule has 1 aromatic heterocycles. The highest BCUT2D eigenvalue weighted by Gasteiger charge is 2.15. The van der Waals surface area contributed by atoms with E-state index >= 15 is 0 Å². The summed E-state index contributed by atoms with van der Waals surface area (Å²) in [5.41, 5.74) is 8.58. The van der Waals surface area contributed by atoms with Crippen molar-refractivity contribution < 1.29 is 13.9 Å². The molecule has 1 aliphatic heterocycles. The van der Waals surface area contributed by atoms with E-state index in [0.717, 1.165) is 31.9 Å². The second-order valence-electron chi connectivity index (χ2n) is 9.43. The Balaban J connectivity index is 1.29. The Bertz CT molecular complexity index is 1490. The third-order valence-corrected chi connectivity index (χ3v) is 6.86. The molecule has 1 amide bonds. The van der Waals surface area contributed by atoms with E-state index in [2.05, 4.69) is 49.6 Å². The number of carbonyl (C=O) groups excluding carboxylic acids is 1. The van der Waals surface area contributed by atoms with Crippen molar-refractivity contribution in [1.82, 2.24) is 14.9 Å². The summed E-state index contributed by atoms with van der Waals surface area (Å²) in [5.74, 6) is -0.173. The van der Waals surface area contributed by atoms with Crippen molar-refractivity contribution in [3.8, 4) is 5.75 Å². The number of aromatic nitrogens is 2. The number of anilines is 5. The van der Waals surface area contributed by atoms with E-state index < -0.39 is 11.7 Å². The predicted octanol–water partition coefficient (Wildman–Crippen LogP) is 5.19. The molecule has 0 radical (unpaired) electrons. The maximum Gasteiger partial charge on any atom is 0.252 e. The van der Waals surface area contributed by atoms with Gasteiger partial charge in [-0.1, -0.05) is 29.8 Å². The highest BCUT2D eigenvalue weighted by molar-refractivity contribution is 6.32. The first-order valence-electron chi connectivity index (χ1n) is 12.8. The fourth-order valence-corrected chi connectivity index (χ4v) is 4.43. The lowest BCUT2D eigenvalue weighted by atomic mass is 10.1. The summed E-state index contributed by atoms with van der Waals surface area (Å²) in [4.78, 5) is 25.4. The van der Waals surface area contributed by atoms with Crippen LogP contribution >= 0.6 is 11.6 Å². The first-order valence-corrected chi connectivity index (χ1v) is 13.1. The molecule has 1 saturated heterocycles. The SMILES string of the molecule is CN1CCN(c2ccc(Nc3ncc(Cl)c(Nc4ccc(C(N)=O)c(OCc5ccccc5F)c4)n3)cc2)CC1. The number of nitrogens with one attached hydrogen (secondary N) is 2. The fourth-order valence-electron chi connectivity index (χ4n) is 4.30. The number of nitrogens with two attached hydrogens (primary N) is 1. The molecule has 0 saturated carbocycles. The van der Waals surface area contributed by atoms with Gasteiger partial charge in [0, 0.05) is 54.9 Å². The van der Waals surface area contributed by atoms with Gasteiger partial charge in [-0.2, -0.15) is 4.98 Å². The van der Waals surface area contributed by atoms with E-state index in [1.165, 1.54) is 24.0 Å². The fraction of sp³-hybridized carbons (Fsp3) is 0.207. The Morgan fingerprint density at radius 2 is 1.75 bits per heavy atom. The number of likely N-dealkylation sites (N-methyl/N-ethyl adjacent to an activating group) is 1. The molecule has 40 heavy (non-hydrogen) atoms. The van der Waals surface area contributed by atoms with Crippen LogP contribution in [-0.2, 0) is 6.61 Å². The molecular weight excluding hydrogens is 533 g/mol. The van der Waals surface area contributed by atoms with Crippen molar-refractivity contribution in [3.05, 3.63) is 94.9 Å². The van der Waals surface area contributed by atoms with Crippen LogP contribution in [0.3, 0.4) is 0 Å². The summed E-state index contributed by atoms with van der Waals surface area (Å²) in [6.45, 7) is 3.99. The summed E-state index contributed by atoms with van der Waals surface area (Å²) >= 11 is 6.38. The van der Waals surface area contributed by atoms with E-state index in [-0.39, 0.29) is 17.9 Å². The van der Waals surface area contributed by atoms with Crippen LogP contribution in [-0.4, -0.2) is 54.0 Å². The minimum atomic E-state index is -0.666. The average molecular weight is 562 g/mol. The largest absolute Gasteiger partial charge is 0.488 e. The molecule has 0 spiro atoms. The van der Waals surface area contributed by atoms with Gasteiger partial charge in [-0.3, -0.25) is 4.79 Å². The molecule has 206 valence electrons. The number of halogens is 2. The number of piperazine rings is 1. The zero-order valence-corrected chi connectivity index (χ0v) is 22.7. The Labute approximate surface area is 236 Å². The first kappa shape index (κ1) is 27.2. The number of carbonyl (C=O) groups is 1. The van der Waals surface area contributed by atoms with Crippen molar-refractivity contribution in [2.75, 3.05) is 48.8 Å². The van der Waals surface area contributed by atoms with Crippen molar-refractivity contribution >= 4 is 46.3 Å². The van der Waals surface area contributed by atoms with E-state index in [1.807, 2.05) is 12.1 Å². The van der Waals surface area contributed by atoms with Gasteiger partial charge >= 0.3 is 0 Å². The van der Waals surface area contributed by atoms with E-state index in [4.69, 9.17) is 22.1 Å². The van der Waals surface area contributed by atoms with Gasteiger partial charge < -0.3 is 30.9 Å². The number of primary amides is 1. The first-order chi connectivity index (χ1) is 19.4. The molecule has 1 fully saturated rings. The molecule has 0 bridgehead atoms. The highest BCUT2D eigenvalue weighted by atomic mass is 35.5. The maximum absolute atomic E-state index is 14.1. The van der Waals surface area contributed by atoms with Crippen molar-refractivity contribution in [3.63, 3.8) is 0 Å². The lowest BCUT2D eigenvalue weighted by Gasteiger charge is -2.34. The topological polar surface area (TPSA) is 109 Å². The highest BCUT2D eigenvalue weighted by Crippen LogP contribution is 2.30. The standard InChI is InChI=1S/C29H29ClFN7O2/c1-37-12-14-38(15-13-37)22-9-6-20(7-10-22)35-29-33-17-24(30)28(36-29)34-21-8-11-23(27(32)39)26(16-21)40-18-19-4-2-3-5-25(19)31/h2-11,16-17H,12-15,18H2,1H3,(H2,32,39)(H2,33,34,35,36). The Hall–Kier alpha value is -4.41. The monoisotopic (exact) mass is 561 g/mol. The number of ether oxygens (including phenoxy) is 1. The molecule has 0 aliphatic carbocycles. The van der Waals surface area contributed by atoms with Gasteiger partial charge in [0.25, 0.3) is 5.91 Å². The Morgan fingerprint density at radius 3 is 2.48 bits per heavy atom. The van der Waals surface area contributed by atoms with Crippen molar-refractivity contribution in [2.24, 2.45) is 5.73 Å². The number of rotatable bonds is 9. The van der Waals surface area contributed by atoms with Gasteiger partial charge in [0.1, 0.15) is 23.2 Å². The van der Waals surface area contributed by atoms with Crippen LogP contribution in [0.1, 0.15) is 15.9 Å². The normalized spacial score (nSPS) is 13.6. The van der Waals surface area contributed by atoms with E-state index in [1.54, 1.807) is 30.3 Å². The minimum absolute atomic E-state index is 0.0770. The Kier molecular flexibility index (Phi) is 8.28. The summed E-state index contributed by atoms with van der Waals surface area (Å²) in [6.07, 6.45) is 1.49. The average Bonchev–Trinajstić information content (AvgIpc) is 2.95. The van der Waals surface area contributed by atoms with Gasteiger partial charge in [-0.15, -0.1) is 0 Å². The van der Waals surface area contributed by atoms with Gasteiger partial charge in [0.05, 0.1) is 11.8 Å². The zero-order valence-electron chi connectivity index (χ0n) is 21.9. The van der Waals surface area contributed by atoms with Crippen LogP contribution < -0.4 is 26.0 Å². The van der Waals surface area contributed by atoms with Crippen molar-refractivity contribution in [2.45, 2.75) is 6.61 Å². The molecule has 3 aromatic carbocycles. The molecule has 2 heterocycles. The molecular formula is C29H29ClFN7O2. The quantitative estimate of drug-likeness (QED) is 0.256. The lowest BCUT2D eigenvalue weighted by molar-refractivity contribution is 0.0996. The lowest BCUT2D eigenvalue weighted by Crippen LogP contribution is -2.44. The molecule has 9 nitrogen and oxygen atoms in total. The van der Waals surface area contributed by atoms with Crippen LogP contribution in [0.2, 0.25) is 5.02 Å². The summed E-state index contributed by atoms with van der Waals surface area (Å²) in [5, 5.41) is 6.63. The third-order valence-electron chi connectivity index (χ3n) is 6.59. The maximum atomic E-state index is 14.1. The van der Waals surface area contributed by atoms with Crippen molar-refractivity contribution in [1.29, 1.82) is 0 Å². The molecule has 0 atom stereocenters. The van der Waals surface area contributed by atoms with Crippen LogP contribution in [0.15, 0.2) is 72.9 Å².